The van der Waals surface area contributed by atoms with Crippen molar-refractivity contribution in [2.75, 3.05) is 6.61 Å². The molecule has 0 saturated heterocycles. The molecule has 6 heteroatoms. The largest absolute Gasteiger partial charge is 0.463 e. The predicted molar refractivity (Wildman–Crippen MR) is 94.3 cm³/mol. The van der Waals surface area contributed by atoms with Crippen LogP contribution in [-0.2, 0) is 9.53 Å². The first-order valence-electron chi connectivity index (χ1n) is 7.30. The lowest BCUT2D eigenvalue weighted by molar-refractivity contribution is -0.139. The Morgan fingerprint density at radius 1 is 1.32 bits per heavy atom. The van der Waals surface area contributed by atoms with Crippen molar-refractivity contribution in [3.63, 3.8) is 0 Å². The molecule has 1 atom stereocenters. The Balaban J connectivity index is 2.47. The molecular weight excluding hydrogens is 364 g/mol. The Morgan fingerprint density at radius 3 is 2.59 bits per heavy atom. The molecule has 0 aliphatic carbocycles. The lowest BCUT2D eigenvalue weighted by Crippen LogP contribution is -2.45. The molecule has 0 aromatic heterocycles. The van der Waals surface area contributed by atoms with Crippen LogP contribution in [0.2, 0.25) is 0 Å². The average molecular weight is 383 g/mol. The first kappa shape index (κ1) is 17.0. The summed E-state index contributed by atoms with van der Waals surface area (Å²) >= 11 is 8.71. The zero-order valence-corrected chi connectivity index (χ0v) is 15.0. The van der Waals surface area contributed by atoms with Gasteiger partial charge in [0.05, 0.1) is 18.2 Å². The standard InChI is InChI=1S/C16H19BrN2O2S/c1-3-5-12-13(15(20)21-4-2)14(19-16(22)18-12)10-6-8-11(17)9-7-10/h6-9,14H,3-5H2,1-2H3,(H2,18,19,22)/t14-/m1/s1. The first-order valence-corrected chi connectivity index (χ1v) is 8.50. The second kappa shape index (κ2) is 7.74. The molecule has 1 aromatic rings. The molecule has 1 aliphatic heterocycles. The molecule has 0 fully saturated rings. The van der Waals surface area contributed by atoms with Crippen molar-refractivity contribution in [1.29, 1.82) is 0 Å². The van der Waals surface area contributed by atoms with Crippen molar-refractivity contribution in [2.24, 2.45) is 0 Å². The fraction of sp³-hybridized carbons (Fsp3) is 0.375. The van der Waals surface area contributed by atoms with E-state index in [9.17, 15) is 4.79 Å². The number of esters is 1. The monoisotopic (exact) mass is 382 g/mol. The minimum absolute atomic E-state index is 0.289. The van der Waals surface area contributed by atoms with Crippen LogP contribution >= 0.6 is 28.1 Å². The molecule has 1 aromatic carbocycles. The van der Waals surface area contributed by atoms with E-state index in [1.165, 1.54) is 0 Å². The van der Waals surface area contributed by atoms with Crippen molar-refractivity contribution in [1.82, 2.24) is 10.6 Å². The van der Waals surface area contributed by atoms with Gasteiger partial charge in [0, 0.05) is 10.2 Å². The van der Waals surface area contributed by atoms with Crippen molar-refractivity contribution < 1.29 is 9.53 Å². The number of benzene rings is 1. The Hall–Kier alpha value is -1.40. The van der Waals surface area contributed by atoms with E-state index in [0.29, 0.717) is 17.3 Å². The van der Waals surface area contributed by atoms with Gasteiger partial charge in [-0.15, -0.1) is 0 Å². The van der Waals surface area contributed by atoms with Crippen molar-refractivity contribution in [3.8, 4) is 0 Å². The highest BCUT2D eigenvalue weighted by Crippen LogP contribution is 2.30. The van der Waals surface area contributed by atoms with Gasteiger partial charge in [0.15, 0.2) is 5.11 Å². The zero-order valence-electron chi connectivity index (χ0n) is 12.6. The van der Waals surface area contributed by atoms with Crippen molar-refractivity contribution >= 4 is 39.2 Å². The Kier molecular flexibility index (Phi) is 5.97. The summed E-state index contributed by atoms with van der Waals surface area (Å²) in [7, 11) is 0. The number of allylic oxidation sites excluding steroid dienone is 1. The third-order valence-electron chi connectivity index (χ3n) is 3.35. The summed E-state index contributed by atoms with van der Waals surface area (Å²) in [6, 6.07) is 7.55. The quantitative estimate of drug-likeness (QED) is 0.601. The second-order valence-corrected chi connectivity index (χ2v) is 6.27. The molecule has 2 N–H and O–H groups in total. The number of thiocarbonyl (C=S) groups is 1. The van der Waals surface area contributed by atoms with Crippen LogP contribution in [0.3, 0.4) is 0 Å². The number of carbonyl (C=O) groups is 1. The van der Waals surface area contributed by atoms with Crippen LogP contribution in [0.5, 0.6) is 0 Å². The predicted octanol–water partition coefficient (Wildman–Crippen LogP) is 3.59. The second-order valence-electron chi connectivity index (χ2n) is 4.95. The fourth-order valence-electron chi connectivity index (χ4n) is 2.42. The van der Waals surface area contributed by atoms with Gasteiger partial charge in [-0.2, -0.15) is 0 Å². The van der Waals surface area contributed by atoms with Crippen LogP contribution < -0.4 is 10.6 Å². The van der Waals surface area contributed by atoms with Gasteiger partial charge < -0.3 is 15.4 Å². The van der Waals surface area contributed by atoms with Crippen LogP contribution in [-0.4, -0.2) is 17.7 Å². The van der Waals surface area contributed by atoms with Gasteiger partial charge in [-0.05, 0) is 43.3 Å². The summed E-state index contributed by atoms with van der Waals surface area (Å²) < 4.78 is 6.23. The maximum Gasteiger partial charge on any atom is 0.338 e. The van der Waals surface area contributed by atoms with Gasteiger partial charge in [0.1, 0.15) is 0 Å². The molecule has 2 rings (SSSR count). The molecule has 1 heterocycles. The van der Waals surface area contributed by atoms with E-state index in [2.05, 4.69) is 33.5 Å². The minimum Gasteiger partial charge on any atom is -0.463 e. The van der Waals surface area contributed by atoms with E-state index in [0.717, 1.165) is 28.6 Å². The minimum atomic E-state index is -0.304. The normalized spacial score (nSPS) is 17.8. The number of rotatable bonds is 5. The summed E-state index contributed by atoms with van der Waals surface area (Å²) in [5.41, 5.74) is 2.43. The zero-order chi connectivity index (χ0) is 16.1. The third kappa shape index (κ3) is 3.87. The summed E-state index contributed by atoms with van der Waals surface area (Å²) in [4.78, 5) is 12.4. The molecule has 0 saturated carbocycles. The first-order chi connectivity index (χ1) is 10.6. The highest BCUT2D eigenvalue weighted by molar-refractivity contribution is 9.10. The Morgan fingerprint density at radius 2 is 2.00 bits per heavy atom. The van der Waals surface area contributed by atoms with E-state index in [4.69, 9.17) is 17.0 Å². The average Bonchev–Trinajstić information content (AvgIpc) is 2.48. The van der Waals surface area contributed by atoms with Crippen LogP contribution in [0.25, 0.3) is 0 Å². The third-order valence-corrected chi connectivity index (χ3v) is 4.10. The number of hydrogen-bond donors (Lipinski definition) is 2. The van der Waals surface area contributed by atoms with E-state index in [1.807, 2.05) is 24.3 Å². The van der Waals surface area contributed by atoms with Gasteiger partial charge in [-0.1, -0.05) is 41.4 Å². The fourth-order valence-corrected chi connectivity index (χ4v) is 2.93. The SMILES string of the molecule is CCCC1=C(C(=O)OCC)[C@@H](c2ccc(Br)cc2)NC(=S)N1. The summed E-state index contributed by atoms with van der Waals surface area (Å²) in [6.07, 6.45) is 1.67. The lowest BCUT2D eigenvalue weighted by Gasteiger charge is -2.31. The van der Waals surface area contributed by atoms with Crippen LogP contribution in [0, 0.1) is 0 Å². The Labute approximate surface area is 144 Å². The maximum absolute atomic E-state index is 12.4. The van der Waals surface area contributed by atoms with Gasteiger partial charge in [-0.3, -0.25) is 0 Å². The van der Waals surface area contributed by atoms with Crippen LogP contribution in [0.1, 0.15) is 38.3 Å². The molecule has 0 unspecified atom stereocenters. The van der Waals surface area contributed by atoms with E-state index >= 15 is 0 Å². The molecule has 0 radical (unpaired) electrons. The van der Waals surface area contributed by atoms with Crippen LogP contribution in [0.4, 0.5) is 0 Å². The van der Waals surface area contributed by atoms with Crippen molar-refractivity contribution in [2.45, 2.75) is 32.7 Å². The molecule has 4 nitrogen and oxygen atoms in total. The number of nitrogens with one attached hydrogen (secondary N) is 2. The van der Waals surface area contributed by atoms with E-state index in [1.54, 1.807) is 6.92 Å². The van der Waals surface area contributed by atoms with Gasteiger partial charge >= 0.3 is 5.97 Å². The van der Waals surface area contributed by atoms with E-state index in [-0.39, 0.29) is 12.0 Å². The van der Waals surface area contributed by atoms with Gasteiger partial charge in [0.2, 0.25) is 0 Å². The van der Waals surface area contributed by atoms with Gasteiger partial charge in [-0.25, -0.2) is 4.79 Å². The Bertz CT molecular complexity index is 599. The molecule has 0 amide bonds. The van der Waals surface area contributed by atoms with Gasteiger partial charge in [0.25, 0.3) is 0 Å². The van der Waals surface area contributed by atoms with Crippen LogP contribution in [0.15, 0.2) is 40.0 Å². The number of ether oxygens (including phenoxy) is 1. The van der Waals surface area contributed by atoms with E-state index < -0.39 is 0 Å². The smallest absolute Gasteiger partial charge is 0.338 e. The summed E-state index contributed by atoms with van der Waals surface area (Å²) in [5.74, 6) is -0.304. The highest BCUT2D eigenvalue weighted by atomic mass is 79.9. The number of halogens is 1. The number of hydrogen-bond acceptors (Lipinski definition) is 3. The topological polar surface area (TPSA) is 50.4 Å². The summed E-state index contributed by atoms with van der Waals surface area (Å²) in [5, 5.41) is 6.82. The number of carbonyl (C=O) groups excluding carboxylic acids is 1. The highest BCUT2D eigenvalue weighted by Gasteiger charge is 2.31. The molecule has 0 spiro atoms. The maximum atomic E-state index is 12.4. The molecular formula is C16H19BrN2O2S. The lowest BCUT2D eigenvalue weighted by atomic mass is 9.94. The molecule has 0 bridgehead atoms. The van der Waals surface area contributed by atoms with Crippen molar-refractivity contribution in [3.05, 3.63) is 45.6 Å². The molecule has 1 aliphatic rings. The molecule has 22 heavy (non-hydrogen) atoms. The molecule has 118 valence electrons. The summed E-state index contributed by atoms with van der Waals surface area (Å²) in [6.45, 7) is 4.22.